The van der Waals surface area contributed by atoms with E-state index in [-0.39, 0.29) is 0 Å². The Morgan fingerprint density at radius 3 is 3.11 bits per heavy atom. The van der Waals surface area contributed by atoms with Gasteiger partial charge in [-0.1, -0.05) is 18.5 Å². The molecular formula is C13H20ClN3O. The fourth-order valence-electron chi connectivity index (χ4n) is 2.12. The minimum atomic E-state index is 0.407. The predicted molar refractivity (Wildman–Crippen MR) is 73.1 cm³/mol. The Kier molecular flexibility index (Phi) is 5.20. The van der Waals surface area contributed by atoms with Crippen LogP contribution in [0.25, 0.3) is 0 Å². The van der Waals surface area contributed by atoms with Crippen LogP contribution in [0.2, 0.25) is 5.15 Å². The zero-order valence-electron chi connectivity index (χ0n) is 10.8. The summed E-state index contributed by atoms with van der Waals surface area (Å²) in [5.74, 6) is 1.63. The smallest absolute Gasteiger partial charge is 0.134 e. The molecule has 5 heteroatoms. The average molecular weight is 270 g/mol. The highest BCUT2D eigenvalue weighted by atomic mass is 35.5. The van der Waals surface area contributed by atoms with Crippen LogP contribution in [0, 0.1) is 0 Å². The number of aromatic nitrogens is 2. The number of hydrogen-bond acceptors (Lipinski definition) is 4. The van der Waals surface area contributed by atoms with Gasteiger partial charge in [0.1, 0.15) is 16.8 Å². The lowest BCUT2D eigenvalue weighted by Crippen LogP contribution is -2.13. The van der Waals surface area contributed by atoms with E-state index in [9.17, 15) is 0 Å². The molecule has 1 unspecified atom stereocenters. The van der Waals surface area contributed by atoms with Gasteiger partial charge in [-0.15, -0.1) is 0 Å². The van der Waals surface area contributed by atoms with Gasteiger partial charge in [0.15, 0.2) is 0 Å². The zero-order valence-corrected chi connectivity index (χ0v) is 11.5. The van der Waals surface area contributed by atoms with E-state index in [1.807, 2.05) is 0 Å². The van der Waals surface area contributed by atoms with E-state index in [1.165, 1.54) is 12.8 Å². The van der Waals surface area contributed by atoms with Crippen molar-refractivity contribution in [3.63, 3.8) is 0 Å². The van der Waals surface area contributed by atoms with Gasteiger partial charge in [0.2, 0.25) is 0 Å². The van der Waals surface area contributed by atoms with E-state index in [0.29, 0.717) is 11.3 Å². The van der Waals surface area contributed by atoms with Gasteiger partial charge >= 0.3 is 0 Å². The van der Waals surface area contributed by atoms with E-state index in [1.54, 1.807) is 6.07 Å². The molecule has 0 aromatic carbocycles. The summed E-state index contributed by atoms with van der Waals surface area (Å²) in [6.45, 7) is 3.88. The van der Waals surface area contributed by atoms with Crippen molar-refractivity contribution in [1.82, 2.24) is 9.97 Å². The molecule has 18 heavy (non-hydrogen) atoms. The molecule has 1 saturated heterocycles. The van der Waals surface area contributed by atoms with Crippen molar-refractivity contribution in [3.8, 4) is 0 Å². The molecule has 1 fully saturated rings. The largest absolute Gasteiger partial charge is 0.378 e. The Labute approximate surface area is 113 Å². The Hall–Kier alpha value is -0.870. The monoisotopic (exact) mass is 269 g/mol. The second-order valence-corrected chi connectivity index (χ2v) is 4.98. The Morgan fingerprint density at radius 1 is 1.50 bits per heavy atom. The Morgan fingerprint density at radius 2 is 2.39 bits per heavy atom. The van der Waals surface area contributed by atoms with Crippen LogP contribution in [0.1, 0.15) is 38.4 Å². The second kappa shape index (κ2) is 6.90. The summed E-state index contributed by atoms with van der Waals surface area (Å²) in [5, 5.41) is 3.80. The molecule has 1 N–H and O–H groups in total. The summed E-state index contributed by atoms with van der Waals surface area (Å²) in [4.78, 5) is 8.64. The topological polar surface area (TPSA) is 47.0 Å². The maximum atomic E-state index is 5.98. The van der Waals surface area contributed by atoms with Crippen molar-refractivity contribution < 1.29 is 4.74 Å². The molecule has 0 aliphatic carbocycles. The lowest BCUT2D eigenvalue weighted by atomic mass is 10.2. The number of halogens is 1. The highest BCUT2D eigenvalue weighted by Crippen LogP contribution is 2.16. The first kappa shape index (κ1) is 13.6. The molecular weight excluding hydrogens is 250 g/mol. The van der Waals surface area contributed by atoms with Crippen molar-refractivity contribution in [2.24, 2.45) is 0 Å². The SMILES string of the molecule is CCCc1nc(Cl)cc(NCCC2CCCO2)n1. The standard InChI is InChI=1S/C13H20ClN3O/c1-2-4-12-16-11(14)9-13(17-12)15-7-6-10-5-3-8-18-10/h9-10H,2-8H2,1H3,(H,15,16,17). The zero-order chi connectivity index (χ0) is 12.8. The molecule has 1 atom stereocenters. The molecule has 0 radical (unpaired) electrons. The first-order chi connectivity index (χ1) is 8.78. The summed E-state index contributed by atoms with van der Waals surface area (Å²) in [6, 6.07) is 1.77. The molecule has 4 nitrogen and oxygen atoms in total. The first-order valence-electron chi connectivity index (χ1n) is 6.67. The van der Waals surface area contributed by atoms with Gasteiger partial charge in [0.25, 0.3) is 0 Å². The predicted octanol–water partition coefficient (Wildman–Crippen LogP) is 3.06. The van der Waals surface area contributed by atoms with Crippen LogP contribution in [0.3, 0.4) is 0 Å². The number of ether oxygens (including phenoxy) is 1. The summed E-state index contributed by atoms with van der Waals surface area (Å²) < 4.78 is 5.58. The van der Waals surface area contributed by atoms with Crippen LogP contribution in [-0.4, -0.2) is 29.2 Å². The van der Waals surface area contributed by atoms with Crippen LogP contribution in [0.4, 0.5) is 5.82 Å². The fourth-order valence-corrected chi connectivity index (χ4v) is 2.32. The van der Waals surface area contributed by atoms with Gasteiger partial charge in [-0.2, -0.15) is 0 Å². The number of aryl methyl sites for hydroxylation is 1. The van der Waals surface area contributed by atoms with Crippen molar-refractivity contribution in [2.45, 2.75) is 45.1 Å². The number of nitrogens with zero attached hydrogens (tertiary/aromatic N) is 2. The van der Waals surface area contributed by atoms with Crippen molar-refractivity contribution in [3.05, 3.63) is 17.0 Å². The van der Waals surface area contributed by atoms with Gasteiger partial charge in [0.05, 0.1) is 6.10 Å². The summed E-state index contributed by atoms with van der Waals surface area (Å²) in [5.41, 5.74) is 0. The number of nitrogens with one attached hydrogen (secondary N) is 1. The first-order valence-corrected chi connectivity index (χ1v) is 7.04. The fraction of sp³-hybridized carbons (Fsp3) is 0.692. The van der Waals surface area contributed by atoms with Crippen molar-refractivity contribution in [1.29, 1.82) is 0 Å². The van der Waals surface area contributed by atoms with Gasteiger partial charge in [-0.25, -0.2) is 9.97 Å². The molecule has 0 spiro atoms. The Balaban J connectivity index is 1.83. The normalized spacial score (nSPS) is 19.1. The molecule has 1 aromatic rings. The number of anilines is 1. The molecule has 0 saturated carbocycles. The van der Waals surface area contributed by atoms with Crippen LogP contribution >= 0.6 is 11.6 Å². The number of rotatable bonds is 6. The molecule has 0 bridgehead atoms. The van der Waals surface area contributed by atoms with Gasteiger partial charge < -0.3 is 10.1 Å². The molecule has 2 rings (SSSR count). The molecule has 2 heterocycles. The molecule has 1 aliphatic rings. The minimum absolute atomic E-state index is 0.407. The van der Waals surface area contributed by atoms with Crippen LogP contribution < -0.4 is 5.32 Å². The van der Waals surface area contributed by atoms with Crippen molar-refractivity contribution >= 4 is 17.4 Å². The average Bonchev–Trinajstić information content (AvgIpc) is 2.82. The summed E-state index contributed by atoms with van der Waals surface area (Å²) >= 11 is 5.98. The molecule has 100 valence electrons. The van der Waals surface area contributed by atoms with Gasteiger partial charge in [0, 0.05) is 25.6 Å². The third kappa shape index (κ3) is 4.10. The van der Waals surface area contributed by atoms with Crippen LogP contribution in [0.15, 0.2) is 6.07 Å². The quantitative estimate of drug-likeness (QED) is 0.807. The van der Waals surface area contributed by atoms with E-state index >= 15 is 0 Å². The third-order valence-corrected chi connectivity index (χ3v) is 3.20. The highest BCUT2D eigenvalue weighted by molar-refractivity contribution is 6.29. The van der Waals surface area contributed by atoms with Gasteiger partial charge in [-0.05, 0) is 25.7 Å². The summed E-state index contributed by atoms with van der Waals surface area (Å²) in [7, 11) is 0. The van der Waals surface area contributed by atoms with E-state index in [2.05, 4.69) is 22.2 Å². The lowest BCUT2D eigenvalue weighted by Gasteiger charge is -2.11. The third-order valence-electron chi connectivity index (χ3n) is 3.01. The Bertz CT molecular complexity index is 380. The maximum absolute atomic E-state index is 5.98. The van der Waals surface area contributed by atoms with E-state index in [0.717, 1.165) is 44.1 Å². The second-order valence-electron chi connectivity index (χ2n) is 4.59. The van der Waals surface area contributed by atoms with Crippen LogP contribution in [0.5, 0.6) is 0 Å². The van der Waals surface area contributed by atoms with E-state index in [4.69, 9.17) is 16.3 Å². The highest BCUT2D eigenvalue weighted by Gasteiger charge is 2.14. The molecule has 0 amide bonds. The number of hydrogen-bond donors (Lipinski definition) is 1. The molecule has 1 aromatic heterocycles. The minimum Gasteiger partial charge on any atom is -0.378 e. The molecule has 1 aliphatic heterocycles. The van der Waals surface area contributed by atoms with Crippen molar-refractivity contribution in [2.75, 3.05) is 18.5 Å². The maximum Gasteiger partial charge on any atom is 0.134 e. The van der Waals surface area contributed by atoms with E-state index < -0.39 is 0 Å². The summed E-state index contributed by atoms with van der Waals surface area (Å²) in [6.07, 6.45) is 5.67. The van der Waals surface area contributed by atoms with Crippen LogP contribution in [-0.2, 0) is 11.2 Å². The lowest BCUT2D eigenvalue weighted by molar-refractivity contribution is 0.107. The van der Waals surface area contributed by atoms with Gasteiger partial charge in [-0.3, -0.25) is 0 Å².